The second-order valence-corrected chi connectivity index (χ2v) is 6.42. The van der Waals surface area contributed by atoms with Gasteiger partial charge in [0.15, 0.2) is 0 Å². The minimum Gasteiger partial charge on any atom is -0.431 e. The first-order valence-electron chi connectivity index (χ1n) is 8.52. The topological polar surface area (TPSA) is 64.2 Å². The summed E-state index contributed by atoms with van der Waals surface area (Å²) in [6, 6.07) is 9.96. The number of piperidine rings is 1. The Hall–Kier alpha value is -2.89. The maximum atomic E-state index is 12.7. The average Bonchev–Trinajstić information content (AvgIpc) is 3.31. The van der Waals surface area contributed by atoms with Crippen LogP contribution in [-0.4, -0.2) is 38.7 Å². The normalized spacial score (nSPS) is 15.5. The molecule has 0 bridgehead atoms. The van der Waals surface area contributed by atoms with Crippen LogP contribution in [0.1, 0.15) is 35.0 Å². The molecular formula is C19H20N4O2. The number of nitrogens with zero attached hydrogens (tertiary/aromatic N) is 4. The highest BCUT2D eigenvalue weighted by atomic mass is 16.4. The molecule has 0 saturated carbocycles. The Balaban J connectivity index is 1.42. The average molecular weight is 336 g/mol. The predicted octanol–water partition coefficient (Wildman–Crippen LogP) is 3.32. The Bertz CT molecular complexity index is 860. The van der Waals surface area contributed by atoms with Crippen molar-refractivity contribution in [3.8, 4) is 11.5 Å². The molecule has 4 rings (SSSR count). The summed E-state index contributed by atoms with van der Waals surface area (Å²) in [5.41, 5.74) is 2.03. The first kappa shape index (κ1) is 15.6. The van der Waals surface area contributed by atoms with Gasteiger partial charge in [0, 0.05) is 24.8 Å². The fourth-order valence-corrected chi connectivity index (χ4v) is 3.21. The lowest BCUT2D eigenvalue weighted by atomic mass is 10.1. The van der Waals surface area contributed by atoms with Crippen LogP contribution in [0.4, 0.5) is 0 Å². The van der Waals surface area contributed by atoms with Gasteiger partial charge in [0.2, 0.25) is 11.7 Å². The molecule has 1 saturated heterocycles. The molecule has 3 aromatic rings. The van der Waals surface area contributed by atoms with E-state index in [-0.39, 0.29) is 5.91 Å². The molecule has 1 fully saturated rings. The Morgan fingerprint density at radius 1 is 1.16 bits per heavy atom. The number of carbonyl (C=O) groups is 1. The van der Waals surface area contributed by atoms with Crippen LogP contribution in [0.3, 0.4) is 0 Å². The monoisotopic (exact) mass is 336 g/mol. The number of aryl methyl sites for hydroxylation is 1. The van der Waals surface area contributed by atoms with Gasteiger partial charge in [0.1, 0.15) is 0 Å². The Kier molecular flexibility index (Phi) is 4.09. The third kappa shape index (κ3) is 3.20. The molecule has 1 amide bonds. The van der Waals surface area contributed by atoms with Crippen LogP contribution >= 0.6 is 0 Å². The number of aromatic nitrogens is 3. The fourth-order valence-electron chi connectivity index (χ4n) is 3.21. The summed E-state index contributed by atoms with van der Waals surface area (Å²) in [5.74, 6) is 0.683. The summed E-state index contributed by atoms with van der Waals surface area (Å²) in [5, 5.41) is 4.39. The van der Waals surface area contributed by atoms with E-state index in [1.807, 2.05) is 53.0 Å². The van der Waals surface area contributed by atoms with Crippen molar-refractivity contribution in [3.63, 3.8) is 0 Å². The van der Waals surface area contributed by atoms with Crippen molar-refractivity contribution in [2.75, 3.05) is 13.1 Å². The van der Waals surface area contributed by atoms with Gasteiger partial charge in [0.05, 0.1) is 18.4 Å². The molecule has 0 spiro atoms. The van der Waals surface area contributed by atoms with Gasteiger partial charge >= 0.3 is 0 Å². The molecule has 25 heavy (non-hydrogen) atoms. The molecule has 1 aliphatic heterocycles. The zero-order chi connectivity index (χ0) is 17.2. The number of hydrogen-bond donors (Lipinski definition) is 0. The fraction of sp³-hybridized carbons (Fsp3) is 0.316. The van der Waals surface area contributed by atoms with Crippen LogP contribution < -0.4 is 0 Å². The van der Waals surface area contributed by atoms with Gasteiger partial charge in [-0.15, -0.1) is 0 Å². The highest BCUT2D eigenvalue weighted by molar-refractivity contribution is 5.91. The van der Waals surface area contributed by atoms with Crippen molar-refractivity contribution in [1.82, 2.24) is 19.7 Å². The van der Waals surface area contributed by atoms with Gasteiger partial charge in [0.25, 0.3) is 5.91 Å². The lowest BCUT2D eigenvalue weighted by molar-refractivity contribution is 0.0659. The number of carbonyl (C=O) groups excluding carboxylic acids is 1. The van der Waals surface area contributed by atoms with Crippen LogP contribution in [0.5, 0.6) is 0 Å². The first-order valence-corrected chi connectivity index (χ1v) is 8.52. The number of amides is 1. The van der Waals surface area contributed by atoms with Gasteiger partial charge in [-0.05, 0) is 37.5 Å². The van der Waals surface area contributed by atoms with Crippen LogP contribution in [0, 0.1) is 6.92 Å². The van der Waals surface area contributed by atoms with Gasteiger partial charge in [-0.1, -0.05) is 18.2 Å². The minimum absolute atomic E-state index is 0.0928. The molecule has 0 N–H and O–H groups in total. The lowest BCUT2D eigenvalue weighted by Crippen LogP contribution is -2.39. The molecule has 0 unspecified atom stereocenters. The number of hydrogen-bond acceptors (Lipinski definition) is 4. The molecule has 0 aliphatic carbocycles. The van der Waals surface area contributed by atoms with E-state index in [2.05, 4.69) is 16.3 Å². The first-order chi connectivity index (χ1) is 12.2. The highest BCUT2D eigenvalue weighted by Gasteiger charge is 2.27. The van der Waals surface area contributed by atoms with Gasteiger partial charge in [-0.2, -0.15) is 5.10 Å². The molecule has 6 nitrogen and oxygen atoms in total. The number of oxazole rings is 1. The van der Waals surface area contributed by atoms with Crippen molar-refractivity contribution < 1.29 is 9.21 Å². The molecular weight excluding hydrogens is 316 g/mol. The van der Waals surface area contributed by atoms with Gasteiger partial charge < -0.3 is 9.32 Å². The predicted molar refractivity (Wildman–Crippen MR) is 93.1 cm³/mol. The maximum Gasteiger partial charge on any atom is 0.291 e. The van der Waals surface area contributed by atoms with Crippen LogP contribution in [0.2, 0.25) is 0 Å². The number of benzene rings is 1. The lowest BCUT2D eigenvalue weighted by Gasteiger charge is -2.31. The SMILES string of the molecule is Cc1cnn(C2CCN(C(=O)c3cnc(-c4ccccc4)o3)CC2)c1. The van der Waals surface area contributed by atoms with Crippen LogP contribution in [0.25, 0.3) is 11.5 Å². The van der Waals surface area contributed by atoms with E-state index in [1.165, 1.54) is 6.20 Å². The van der Waals surface area contributed by atoms with E-state index < -0.39 is 0 Å². The smallest absolute Gasteiger partial charge is 0.291 e. The third-order valence-electron chi connectivity index (χ3n) is 4.59. The number of rotatable bonds is 3. The van der Waals surface area contributed by atoms with E-state index in [0.29, 0.717) is 30.8 Å². The zero-order valence-electron chi connectivity index (χ0n) is 14.1. The summed E-state index contributed by atoms with van der Waals surface area (Å²) in [6.07, 6.45) is 7.24. The Morgan fingerprint density at radius 3 is 2.60 bits per heavy atom. The quantitative estimate of drug-likeness (QED) is 0.736. The Morgan fingerprint density at radius 2 is 1.92 bits per heavy atom. The van der Waals surface area contributed by atoms with Crippen molar-refractivity contribution in [2.45, 2.75) is 25.8 Å². The summed E-state index contributed by atoms with van der Waals surface area (Å²) in [4.78, 5) is 18.7. The van der Waals surface area contributed by atoms with E-state index in [9.17, 15) is 4.79 Å². The van der Waals surface area contributed by atoms with Crippen molar-refractivity contribution in [3.05, 3.63) is 60.2 Å². The largest absolute Gasteiger partial charge is 0.431 e. The molecule has 1 aliphatic rings. The summed E-state index contributed by atoms with van der Waals surface area (Å²) < 4.78 is 7.69. The molecule has 6 heteroatoms. The summed E-state index contributed by atoms with van der Waals surface area (Å²) in [6.45, 7) is 3.43. The zero-order valence-corrected chi connectivity index (χ0v) is 14.1. The molecule has 0 radical (unpaired) electrons. The number of likely N-dealkylation sites (tertiary alicyclic amines) is 1. The van der Waals surface area contributed by atoms with Crippen molar-refractivity contribution in [1.29, 1.82) is 0 Å². The van der Waals surface area contributed by atoms with Crippen molar-refractivity contribution >= 4 is 5.91 Å². The molecule has 128 valence electrons. The van der Waals surface area contributed by atoms with E-state index >= 15 is 0 Å². The van der Waals surface area contributed by atoms with E-state index in [0.717, 1.165) is 24.0 Å². The third-order valence-corrected chi connectivity index (χ3v) is 4.59. The van der Waals surface area contributed by atoms with Gasteiger partial charge in [-0.3, -0.25) is 9.48 Å². The summed E-state index contributed by atoms with van der Waals surface area (Å²) in [7, 11) is 0. The van der Waals surface area contributed by atoms with E-state index in [4.69, 9.17) is 4.42 Å². The molecule has 0 atom stereocenters. The minimum atomic E-state index is -0.0928. The molecule has 2 aromatic heterocycles. The van der Waals surface area contributed by atoms with E-state index in [1.54, 1.807) is 0 Å². The highest BCUT2D eigenvalue weighted by Crippen LogP contribution is 2.25. The maximum absolute atomic E-state index is 12.7. The van der Waals surface area contributed by atoms with Gasteiger partial charge in [-0.25, -0.2) is 4.98 Å². The van der Waals surface area contributed by atoms with Crippen LogP contribution in [-0.2, 0) is 0 Å². The standard InChI is InChI=1S/C19H20N4O2/c1-14-11-21-23(13-14)16-7-9-22(10-8-16)19(24)17-12-20-18(25-17)15-5-3-2-4-6-15/h2-6,11-13,16H,7-10H2,1H3. The van der Waals surface area contributed by atoms with Crippen molar-refractivity contribution in [2.24, 2.45) is 0 Å². The van der Waals surface area contributed by atoms with Crippen LogP contribution in [0.15, 0.2) is 53.3 Å². The summed E-state index contributed by atoms with van der Waals surface area (Å²) >= 11 is 0. The Labute approximate surface area is 146 Å². The molecule has 1 aromatic carbocycles. The second kappa shape index (κ2) is 6.55. The second-order valence-electron chi connectivity index (χ2n) is 6.42. The molecule has 3 heterocycles.